The van der Waals surface area contributed by atoms with Crippen LogP contribution < -0.4 is 0 Å². The molecule has 0 bridgehead atoms. The molecule has 4 aromatic carbocycles. The molecule has 7 heteroatoms. The normalized spacial score (nSPS) is 17.7. The standard InChI is InChI=1S/C39H47NO4SSi/c1-31-22-24-36(25-23-31)45(41,42)43-29-27-32-30-40(28-26-37(32)44-46(5,6)38(2,3)4)39(33-16-10-7-11-17-33,34-18-12-8-13-19-34)35-20-14-9-15-21-35/h7-25,27,37H,26,28-30H2,1-6H3/b32-27+. The van der Waals surface area contributed by atoms with Crippen molar-refractivity contribution in [3.8, 4) is 0 Å². The zero-order valence-corrected chi connectivity index (χ0v) is 29.8. The van der Waals surface area contributed by atoms with Gasteiger partial charge in [0, 0.05) is 13.1 Å². The zero-order chi connectivity index (χ0) is 33.0. The highest BCUT2D eigenvalue weighted by Gasteiger charge is 2.46. The highest BCUT2D eigenvalue weighted by atomic mass is 32.2. The summed E-state index contributed by atoms with van der Waals surface area (Å²) in [4.78, 5) is 2.69. The Morgan fingerprint density at radius 2 is 1.26 bits per heavy atom. The van der Waals surface area contributed by atoms with Gasteiger partial charge in [-0.2, -0.15) is 8.42 Å². The zero-order valence-electron chi connectivity index (χ0n) is 27.9. The van der Waals surface area contributed by atoms with Gasteiger partial charge in [0.05, 0.1) is 23.1 Å². The van der Waals surface area contributed by atoms with E-state index in [0.29, 0.717) is 6.54 Å². The van der Waals surface area contributed by atoms with Gasteiger partial charge in [0.2, 0.25) is 0 Å². The third kappa shape index (κ3) is 7.14. The summed E-state index contributed by atoms with van der Waals surface area (Å²) in [5, 5.41) is 0.0302. The molecule has 1 fully saturated rings. The lowest BCUT2D eigenvalue weighted by molar-refractivity contribution is 0.0897. The average molecular weight is 654 g/mol. The van der Waals surface area contributed by atoms with Crippen LogP contribution in [0.25, 0.3) is 0 Å². The molecule has 5 nitrogen and oxygen atoms in total. The molecule has 0 amide bonds. The van der Waals surface area contributed by atoms with Gasteiger partial charge in [0.15, 0.2) is 8.32 Å². The van der Waals surface area contributed by atoms with Gasteiger partial charge in [0.25, 0.3) is 10.1 Å². The smallest absolute Gasteiger partial charge is 0.297 e. The van der Waals surface area contributed by atoms with Crippen LogP contribution in [0.1, 0.15) is 49.4 Å². The second-order valence-corrected chi connectivity index (χ2v) is 20.1. The molecule has 242 valence electrons. The van der Waals surface area contributed by atoms with Gasteiger partial charge in [-0.25, -0.2) is 0 Å². The third-order valence-electron chi connectivity index (χ3n) is 9.62. The number of piperidine rings is 1. The minimum Gasteiger partial charge on any atom is -0.410 e. The van der Waals surface area contributed by atoms with E-state index in [4.69, 9.17) is 8.61 Å². The minimum atomic E-state index is -3.91. The molecule has 0 saturated carbocycles. The van der Waals surface area contributed by atoms with E-state index in [1.807, 2.05) is 13.0 Å². The molecule has 0 N–H and O–H groups in total. The molecule has 0 spiro atoms. The maximum absolute atomic E-state index is 13.1. The van der Waals surface area contributed by atoms with Gasteiger partial charge < -0.3 is 4.43 Å². The maximum Gasteiger partial charge on any atom is 0.297 e. The van der Waals surface area contributed by atoms with Gasteiger partial charge in [-0.15, -0.1) is 0 Å². The van der Waals surface area contributed by atoms with Crippen molar-refractivity contribution >= 4 is 18.4 Å². The molecule has 46 heavy (non-hydrogen) atoms. The number of hydrogen-bond acceptors (Lipinski definition) is 5. The Morgan fingerprint density at radius 1 is 0.783 bits per heavy atom. The summed E-state index contributed by atoms with van der Waals surface area (Å²) >= 11 is 0. The number of aryl methyl sites for hydroxylation is 1. The molecule has 0 aromatic heterocycles. The van der Waals surface area contributed by atoms with Crippen LogP contribution in [0.15, 0.2) is 132 Å². The summed E-state index contributed by atoms with van der Waals surface area (Å²) < 4.78 is 38.9. The van der Waals surface area contributed by atoms with Crippen molar-refractivity contribution in [2.24, 2.45) is 0 Å². The van der Waals surface area contributed by atoms with E-state index in [1.54, 1.807) is 24.3 Å². The topological polar surface area (TPSA) is 55.8 Å². The van der Waals surface area contributed by atoms with Gasteiger partial charge in [0.1, 0.15) is 0 Å². The number of likely N-dealkylation sites (tertiary alicyclic amines) is 1. The lowest BCUT2D eigenvalue weighted by atomic mass is 9.74. The van der Waals surface area contributed by atoms with Crippen molar-refractivity contribution in [3.63, 3.8) is 0 Å². The monoisotopic (exact) mass is 653 g/mol. The molecule has 4 aromatic rings. The molecular weight excluding hydrogens is 607 g/mol. The SMILES string of the molecule is Cc1ccc(S(=O)(=O)OC/C=C2\CN(C(c3ccccc3)(c3ccccc3)c3ccccc3)CCC2O[Si](C)(C)C(C)(C)C)cc1. The van der Waals surface area contributed by atoms with Gasteiger partial charge in [-0.05, 0) is 65.9 Å². The Balaban J connectivity index is 1.58. The quantitative estimate of drug-likeness (QED) is 0.0742. The lowest BCUT2D eigenvalue weighted by Gasteiger charge is -2.50. The van der Waals surface area contributed by atoms with Crippen molar-refractivity contribution in [3.05, 3.63) is 149 Å². The minimum absolute atomic E-state index is 0.0302. The highest BCUT2D eigenvalue weighted by Crippen LogP contribution is 2.45. The van der Waals surface area contributed by atoms with Crippen LogP contribution in [0, 0.1) is 6.92 Å². The fraction of sp³-hybridized carbons (Fsp3) is 0.333. The average Bonchev–Trinajstić information content (AvgIpc) is 3.03. The highest BCUT2D eigenvalue weighted by molar-refractivity contribution is 7.86. The third-order valence-corrected chi connectivity index (χ3v) is 15.4. The van der Waals surface area contributed by atoms with E-state index in [0.717, 1.165) is 24.1 Å². The Morgan fingerprint density at radius 3 is 1.72 bits per heavy atom. The summed E-state index contributed by atoms with van der Waals surface area (Å²) in [5.41, 5.74) is 4.98. The molecule has 1 aliphatic rings. The Labute approximate surface area is 277 Å². The first-order valence-electron chi connectivity index (χ1n) is 16.1. The van der Waals surface area contributed by atoms with Crippen molar-refractivity contribution in [1.29, 1.82) is 0 Å². The van der Waals surface area contributed by atoms with Crippen molar-refractivity contribution in [1.82, 2.24) is 4.90 Å². The van der Waals surface area contributed by atoms with Crippen LogP contribution >= 0.6 is 0 Å². The lowest BCUT2D eigenvalue weighted by Crippen LogP contribution is -2.55. The summed E-state index contributed by atoms with van der Waals surface area (Å²) in [6.45, 7) is 14.5. The van der Waals surface area contributed by atoms with E-state index >= 15 is 0 Å². The van der Waals surface area contributed by atoms with Gasteiger partial charge in [-0.1, -0.05) is 136 Å². The van der Waals surface area contributed by atoms with E-state index in [2.05, 4.69) is 130 Å². The summed E-state index contributed by atoms with van der Waals surface area (Å²) in [5.74, 6) is 0. The molecule has 0 radical (unpaired) electrons. The number of hydrogen-bond donors (Lipinski definition) is 0. The summed E-state index contributed by atoms with van der Waals surface area (Å²) in [7, 11) is -6.06. The van der Waals surface area contributed by atoms with Gasteiger partial charge in [-0.3, -0.25) is 9.08 Å². The van der Waals surface area contributed by atoms with Crippen molar-refractivity contribution < 1.29 is 17.0 Å². The van der Waals surface area contributed by atoms with E-state index in [9.17, 15) is 8.42 Å². The summed E-state index contributed by atoms with van der Waals surface area (Å²) in [6, 6.07) is 38.8. The fourth-order valence-corrected chi connectivity index (χ4v) is 8.29. The molecule has 0 aliphatic carbocycles. The largest absolute Gasteiger partial charge is 0.410 e. The second kappa shape index (κ2) is 13.8. The van der Waals surface area contributed by atoms with Crippen LogP contribution in [0.3, 0.4) is 0 Å². The Hall–Kier alpha value is -3.33. The Bertz CT molecular complexity index is 1620. The van der Waals surface area contributed by atoms with Crippen LogP contribution in [0.4, 0.5) is 0 Å². The number of benzene rings is 4. The molecule has 1 atom stereocenters. The van der Waals surface area contributed by atoms with Crippen LogP contribution in [-0.4, -0.2) is 47.4 Å². The van der Waals surface area contributed by atoms with E-state index in [1.165, 1.54) is 16.7 Å². The first-order chi connectivity index (χ1) is 21.8. The fourth-order valence-electron chi connectivity index (χ4n) is 6.10. The molecule has 1 saturated heterocycles. The van der Waals surface area contributed by atoms with Crippen LogP contribution in [0.2, 0.25) is 18.1 Å². The number of nitrogens with zero attached hydrogens (tertiary/aromatic N) is 1. The molecular formula is C39H47NO4SSi. The number of rotatable bonds is 10. The molecule has 1 unspecified atom stereocenters. The molecule has 1 aliphatic heterocycles. The first-order valence-corrected chi connectivity index (χ1v) is 20.4. The van der Waals surface area contributed by atoms with E-state index in [-0.39, 0.29) is 22.6 Å². The predicted octanol–water partition coefficient (Wildman–Crippen LogP) is 8.71. The first kappa shape index (κ1) is 34.0. The maximum atomic E-state index is 13.1. The van der Waals surface area contributed by atoms with E-state index < -0.39 is 24.0 Å². The molecule has 1 heterocycles. The van der Waals surface area contributed by atoms with Crippen LogP contribution in [0.5, 0.6) is 0 Å². The van der Waals surface area contributed by atoms with Crippen molar-refractivity contribution in [2.75, 3.05) is 19.7 Å². The van der Waals surface area contributed by atoms with Crippen molar-refractivity contribution in [2.45, 2.75) is 68.8 Å². The summed E-state index contributed by atoms with van der Waals surface area (Å²) in [6.07, 6.45) is 2.58. The second-order valence-electron chi connectivity index (χ2n) is 13.7. The Kier molecular flexibility index (Phi) is 10.2. The van der Waals surface area contributed by atoms with Gasteiger partial charge >= 0.3 is 0 Å². The predicted molar refractivity (Wildman–Crippen MR) is 190 cm³/mol. The molecule has 5 rings (SSSR count). The van der Waals surface area contributed by atoms with Crippen LogP contribution in [-0.2, 0) is 24.3 Å².